The van der Waals surface area contributed by atoms with Crippen LogP contribution in [-0.2, 0) is 4.74 Å². The van der Waals surface area contributed by atoms with Crippen molar-refractivity contribution >= 4 is 27.8 Å². The maximum absolute atomic E-state index is 12.2. The van der Waals surface area contributed by atoms with E-state index in [4.69, 9.17) is 9.47 Å². The van der Waals surface area contributed by atoms with Crippen molar-refractivity contribution in [3.8, 4) is 11.8 Å². The number of fused-ring (bicyclic) bond motifs is 3. The van der Waals surface area contributed by atoms with Gasteiger partial charge in [0.2, 0.25) is 0 Å². The Morgan fingerprint density at radius 1 is 1.08 bits per heavy atom. The molecular weight excluding hydrogens is 332 g/mol. The van der Waals surface area contributed by atoms with Crippen molar-refractivity contribution in [2.24, 2.45) is 0 Å². The fourth-order valence-electron chi connectivity index (χ4n) is 2.73. The van der Waals surface area contributed by atoms with Crippen molar-refractivity contribution in [1.29, 1.82) is 0 Å². The van der Waals surface area contributed by atoms with Gasteiger partial charge in [0.25, 0.3) is 0 Å². The summed E-state index contributed by atoms with van der Waals surface area (Å²) in [6.07, 6.45) is 4.63. The van der Waals surface area contributed by atoms with E-state index in [1.807, 2.05) is 18.2 Å². The predicted octanol–water partition coefficient (Wildman–Crippen LogP) is 3.86. The predicted molar refractivity (Wildman–Crippen MR) is 96.3 cm³/mol. The number of carbonyl (C=O) groups excluding carboxylic acids is 1. The first-order chi connectivity index (χ1) is 12.6. The molecule has 0 saturated heterocycles. The number of carbonyl (C=O) groups is 1. The summed E-state index contributed by atoms with van der Waals surface area (Å²) in [5.41, 5.74) is 1.91. The molecule has 0 aliphatic heterocycles. The molecule has 7 nitrogen and oxygen atoms in total. The molecular formula is C19H16N4O3. The largest absolute Gasteiger partial charge is 0.458 e. The molecule has 0 unspecified atom stereocenters. The summed E-state index contributed by atoms with van der Waals surface area (Å²) in [5.74, 6) is 0.135. The average Bonchev–Trinajstić information content (AvgIpc) is 3.00. The molecule has 0 saturated carbocycles. The minimum atomic E-state index is -0.457. The second-order valence-corrected chi connectivity index (χ2v) is 6.01. The molecule has 1 N–H and O–H groups in total. The Kier molecular flexibility index (Phi) is 3.96. The molecule has 0 aliphatic carbocycles. The zero-order valence-corrected chi connectivity index (χ0v) is 14.3. The molecule has 26 heavy (non-hydrogen) atoms. The highest BCUT2D eigenvalue weighted by molar-refractivity contribution is 6.11. The van der Waals surface area contributed by atoms with Gasteiger partial charge in [-0.1, -0.05) is 6.07 Å². The quantitative estimate of drug-likeness (QED) is 0.563. The van der Waals surface area contributed by atoms with E-state index in [0.29, 0.717) is 5.75 Å². The van der Waals surface area contributed by atoms with Crippen LogP contribution in [0.3, 0.4) is 0 Å². The number of aromatic amines is 1. The van der Waals surface area contributed by atoms with Gasteiger partial charge in [-0.25, -0.2) is 19.7 Å². The molecule has 0 amide bonds. The van der Waals surface area contributed by atoms with Gasteiger partial charge in [0.15, 0.2) is 0 Å². The Morgan fingerprint density at radius 2 is 1.88 bits per heavy atom. The van der Waals surface area contributed by atoms with Crippen LogP contribution in [0.1, 0.15) is 24.3 Å². The van der Waals surface area contributed by atoms with Crippen LogP contribution in [0.4, 0.5) is 0 Å². The van der Waals surface area contributed by atoms with Crippen LogP contribution in [0.25, 0.3) is 21.8 Å². The fourth-order valence-corrected chi connectivity index (χ4v) is 2.73. The maximum Gasteiger partial charge on any atom is 0.357 e. The highest BCUT2D eigenvalue weighted by Gasteiger charge is 2.16. The van der Waals surface area contributed by atoms with Gasteiger partial charge in [0, 0.05) is 17.8 Å². The van der Waals surface area contributed by atoms with Crippen molar-refractivity contribution in [3.63, 3.8) is 0 Å². The SMILES string of the molecule is CC(C)OC(=O)c1cc2c(cn1)[nH]c1cccc(Oc3ncccn3)c12. The Balaban J connectivity index is 1.84. The highest BCUT2D eigenvalue weighted by atomic mass is 16.5. The summed E-state index contributed by atoms with van der Waals surface area (Å²) in [5, 5.41) is 1.65. The van der Waals surface area contributed by atoms with Gasteiger partial charge < -0.3 is 14.5 Å². The number of esters is 1. The number of benzene rings is 1. The van der Waals surface area contributed by atoms with Crippen LogP contribution < -0.4 is 4.74 Å². The van der Waals surface area contributed by atoms with E-state index in [-0.39, 0.29) is 17.8 Å². The van der Waals surface area contributed by atoms with Gasteiger partial charge in [-0.2, -0.15) is 0 Å². The van der Waals surface area contributed by atoms with E-state index in [1.54, 1.807) is 44.6 Å². The smallest absolute Gasteiger partial charge is 0.357 e. The number of hydrogen-bond donors (Lipinski definition) is 1. The summed E-state index contributed by atoms with van der Waals surface area (Å²) in [6.45, 7) is 3.60. The lowest BCUT2D eigenvalue weighted by atomic mass is 10.1. The first kappa shape index (κ1) is 16.0. The fraction of sp³-hybridized carbons (Fsp3) is 0.158. The number of H-pyrrole nitrogens is 1. The lowest BCUT2D eigenvalue weighted by Crippen LogP contribution is -2.12. The van der Waals surface area contributed by atoms with Crippen LogP contribution >= 0.6 is 0 Å². The third-order valence-electron chi connectivity index (χ3n) is 3.76. The molecule has 7 heteroatoms. The number of nitrogens with zero attached hydrogens (tertiary/aromatic N) is 3. The molecule has 0 aliphatic rings. The van der Waals surface area contributed by atoms with Gasteiger partial charge in [-0.15, -0.1) is 0 Å². The minimum Gasteiger partial charge on any atom is -0.458 e. The van der Waals surface area contributed by atoms with E-state index in [1.165, 1.54) is 0 Å². The first-order valence-corrected chi connectivity index (χ1v) is 8.18. The number of aromatic nitrogens is 4. The number of nitrogens with one attached hydrogen (secondary N) is 1. The van der Waals surface area contributed by atoms with Crippen LogP contribution in [0.5, 0.6) is 11.8 Å². The van der Waals surface area contributed by atoms with Gasteiger partial charge in [-0.3, -0.25) is 0 Å². The Morgan fingerprint density at radius 3 is 2.65 bits per heavy atom. The highest BCUT2D eigenvalue weighted by Crippen LogP contribution is 2.34. The molecule has 130 valence electrons. The number of ether oxygens (including phenoxy) is 2. The van der Waals surface area contributed by atoms with Crippen LogP contribution in [0, 0.1) is 0 Å². The van der Waals surface area contributed by atoms with Crippen LogP contribution in [0.15, 0.2) is 48.9 Å². The first-order valence-electron chi connectivity index (χ1n) is 8.18. The second-order valence-electron chi connectivity index (χ2n) is 6.01. The summed E-state index contributed by atoms with van der Waals surface area (Å²) >= 11 is 0. The van der Waals surface area contributed by atoms with Crippen molar-refractivity contribution in [1.82, 2.24) is 19.9 Å². The van der Waals surface area contributed by atoms with Gasteiger partial charge in [0.05, 0.1) is 28.7 Å². The Bertz CT molecular complexity index is 1090. The average molecular weight is 348 g/mol. The maximum atomic E-state index is 12.2. The number of rotatable bonds is 4. The summed E-state index contributed by atoms with van der Waals surface area (Å²) in [7, 11) is 0. The van der Waals surface area contributed by atoms with E-state index >= 15 is 0 Å². The van der Waals surface area contributed by atoms with Crippen molar-refractivity contribution < 1.29 is 14.3 Å². The third-order valence-corrected chi connectivity index (χ3v) is 3.76. The Labute approximate surface area is 149 Å². The van der Waals surface area contributed by atoms with Gasteiger partial charge in [0.1, 0.15) is 11.4 Å². The summed E-state index contributed by atoms with van der Waals surface area (Å²) < 4.78 is 11.1. The topological polar surface area (TPSA) is 90.0 Å². The molecule has 3 aromatic heterocycles. The van der Waals surface area contributed by atoms with Crippen LogP contribution in [-0.4, -0.2) is 32.0 Å². The monoisotopic (exact) mass is 348 g/mol. The molecule has 0 bridgehead atoms. The van der Waals surface area contributed by atoms with Gasteiger partial charge in [-0.05, 0) is 38.1 Å². The number of pyridine rings is 1. The summed E-state index contributed by atoms with van der Waals surface area (Å²) in [4.78, 5) is 27.8. The van der Waals surface area contributed by atoms with Crippen molar-refractivity contribution in [2.45, 2.75) is 20.0 Å². The van der Waals surface area contributed by atoms with E-state index in [9.17, 15) is 4.79 Å². The Hall–Kier alpha value is -3.48. The zero-order chi connectivity index (χ0) is 18.1. The van der Waals surface area contributed by atoms with Crippen molar-refractivity contribution in [3.05, 3.63) is 54.6 Å². The molecule has 0 spiro atoms. The number of hydrogen-bond acceptors (Lipinski definition) is 6. The van der Waals surface area contributed by atoms with E-state index in [2.05, 4.69) is 19.9 Å². The van der Waals surface area contributed by atoms with Crippen LogP contribution in [0.2, 0.25) is 0 Å². The molecule has 0 radical (unpaired) electrons. The molecule has 4 rings (SSSR count). The zero-order valence-electron chi connectivity index (χ0n) is 14.3. The van der Waals surface area contributed by atoms with E-state index < -0.39 is 5.97 Å². The lowest BCUT2D eigenvalue weighted by Gasteiger charge is -2.07. The molecule has 4 aromatic rings. The normalized spacial score (nSPS) is 11.2. The van der Waals surface area contributed by atoms with E-state index in [0.717, 1.165) is 21.8 Å². The molecule has 0 fully saturated rings. The third kappa shape index (κ3) is 2.95. The second kappa shape index (κ2) is 6.44. The minimum absolute atomic E-state index is 0.211. The van der Waals surface area contributed by atoms with Crippen molar-refractivity contribution in [2.75, 3.05) is 0 Å². The molecule has 0 atom stereocenters. The molecule has 3 heterocycles. The summed E-state index contributed by atoms with van der Waals surface area (Å²) in [6, 6.07) is 9.31. The lowest BCUT2D eigenvalue weighted by molar-refractivity contribution is 0.0371. The molecule has 1 aromatic carbocycles. The standard InChI is InChI=1S/C19H16N4O3/c1-11(2)25-18(24)14-9-12-15(10-22-14)23-13-5-3-6-16(17(12)13)26-19-20-7-4-8-21-19/h3-11,23H,1-2H3. The van der Waals surface area contributed by atoms with Gasteiger partial charge >= 0.3 is 12.0 Å².